The number of quaternary nitrogens is 1. The summed E-state index contributed by atoms with van der Waals surface area (Å²) in [5.74, 6) is 1.90. The molecule has 0 unspecified atom stereocenters. The number of fused-ring (bicyclic) bond motifs is 4. The first kappa shape index (κ1) is 18.5. The van der Waals surface area contributed by atoms with Crippen molar-refractivity contribution in [2.75, 3.05) is 20.2 Å². The Morgan fingerprint density at radius 3 is 2.52 bits per heavy atom. The second-order valence-electron chi connectivity index (χ2n) is 8.63. The van der Waals surface area contributed by atoms with Gasteiger partial charge in [0.15, 0.2) is 5.72 Å². The topological polar surface area (TPSA) is 38.2 Å². The largest absolute Gasteiger partial charge is 0.497 e. The van der Waals surface area contributed by atoms with Crippen molar-refractivity contribution in [3.8, 4) is 11.5 Å². The zero-order valence-corrected chi connectivity index (χ0v) is 17.4. The van der Waals surface area contributed by atoms with Crippen molar-refractivity contribution in [1.29, 1.82) is 0 Å². The number of likely N-dealkylation sites (tertiary alicyclic amines) is 1. The third kappa shape index (κ3) is 3.09. The van der Waals surface area contributed by atoms with Crippen molar-refractivity contribution in [3.63, 3.8) is 0 Å². The highest BCUT2D eigenvalue weighted by atomic mass is 16.5. The molecule has 0 aliphatic carbocycles. The van der Waals surface area contributed by atoms with Crippen molar-refractivity contribution >= 4 is 5.70 Å². The average Bonchev–Trinajstić information content (AvgIpc) is 3.21. The van der Waals surface area contributed by atoms with Crippen LogP contribution in [0.15, 0.2) is 54.6 Å². The molecule has 0 radical (unpaired) electrons. The van der Waals surface area contributed by atoms with Gasteiger partial charge in [0.2, 0.25) is 0 Å². The van der Waals surface area contributed by atoms with Crippen LogP contribution in [-0.4, -0.2) is 37.0 Å². The molecule has 1 spiro atoms. The molecule has 3 aliphatic heterocycles. The maximum atomic E-state index is 6.72. The molecular formula is C24H30N3O2+. The fraction of sp³-hybridized carbons (Fsp3) is 0.417. The van der Waals surface area contributed by atoms with E-state index in [0.29, 0.717) is 6.04 Å². The van der Waals surface area contributed by atoms with Gasteiger partial charge in [-0.1, -0.05) is 18.2 Å². The van der Waals surface area contributed by atoms with Crippen LogP contribution in [0.4, 0.5) is 0 Å². The zero-order chi connectivity index (χ0) is 20.0. The van der Waals surface area contributed by atoms with Crippen molar-refractivity contribution in [1.82, 2.24) is 10.4 Å². The van der Waals surface area contributed by atoms with E-state index in [2.05, 4.69) is 66.8 Å². The lowest BCUT2D eigenvalue weighted by Crippen LogP contribution is -3.16. The Kier molecular flexibility index (Phi) is 4.52. The molecule has 1 fully saturated rings. The van der Waals surface area contributed by atoms with Gasteiger partial charge in [0.05, 0.1) is 50.8 Å². The van der Waals surface area contributed by atoms with Crippen molar-refractivity contribution in [3.05, 3.63) is 65.7 Å². The van der Waals surface area contributed by atoms with Crippen LogP contribution >= 0.6 is 0 Å². The highest BCUT2D eigenvalue weighted by Crippen LogP contribution is 2.47. The molecule has 2 aromatic rings. The molecule has 5 heteroatoms. The first-order valence-corrected chi connectivity index (χ1v) is 10.6. The van der Waals surface area contributed by atoms with Crippen LogP contribution in [0, 0.1) is 0 Å². The Labute approximate surface area is 172 Å². The van der Waals surface area contributed by atoms with Gasteiger partial charge in [-0.25, -0.2) is 0 Å². The molecule has 1 atom stereocenters. The average molecular weight is 393 g/mol. The van der Waals surface area contributed by atoms with Gasteiger partial charge in [0.25, 0.3) is 0 Å². The SMILES string of the molecule is COc1ccc(C2=C[C@@H]3c4ccccc4OC4(CC[NH+](C(C)C)CC4)N3N2)cc1. The molecule has 5 rings (SSSR count). The standard InChI is InChI=1S/C24H29N3O2/c1-17(2)26-14-12-24(13-15-26)27-22(20-6-4-5-7-23(20)29-24)16-21(25-27)18-8-10-19(28-3)11-9-18/h4-11,16-17,22,25H,12-15H2,1-3H3/p+1/t22-/m1/s1. The maximum absolute atomic E-state index is 6.72. The maximum Gasteiger partial charge on any atom is 0.191 e. The minimum absolute atomic E-state index is 0.178. The first-order valence-electron chi connectivity index (χ1n) is 10.6. The molecule has 0 bridgehead atoms. The van der Waals surface area contributed by atoms with Crippen LogP contribution < -0.4 is 19.8 Å². The molecule has 152 valence electrons. The number of hydrogen-bond acceptors (Lipinski definition) is 4. The number of methoxy groups -OCH3 is 1. The van der Waals surface area contributed by atoms with Gasteiger partial charge in [-0.05, 0) is 55.8 Å². The Balaban J connectivity index is 1.49. The summed E-state index contributed by atoms with van der Waals surface area (Å²) in [5.41, 5.74) is 6.94. The summed E-state index contributed by atoms with van der Waals surface area (Å²) in [4.78, 5) is 1.66. The molecule has 3 heterocycles. The van der Waals surface area contributed by atoms with Gasteiger partial charge < -0.3 is 19.8 Å². The summed E-state index contributed by atoms with van der Waals surface area (Å²) in [6, 6.07) is 17.6. The van der Waals surface area contributed by atoms with Crippen LogP contribution in [0.1, 0.15) is 43.9 Å². The van der Waals surface area contributed by atoms with E-state index < -0.39 is 0 Å². The second kappa shape index (κ2) is 7.08. The minimum Gasteiger partial charge on any atom is -0.497 e. The first-order chi connectivity index (χ1) is 14.1. The molecule has 29 heavy (non-hydrogen) atoms. The molecule has 0 aromatic heterocycles. The van der Waals surface area contributed by atoms with Gasteiger partial charge in [-0.3, -0.25) is 0 Å². The van der Waals surface area contributed by atoms with E-state index in [0.717, 1.165) is 48.7 Å². The molecule has 2 aromatic carbocycles. The summed E-state index contributed by atoms with van der Waals surface area (Å²) >= 11 is 0. The zero-order valence-electron chi connectivity index (χ0n) is 17.4. The number of piperidine rings is 1. The number of nitrogens with zero attached hydrogens (tertiary/aromatic N) is 1. The van der Waals surface area contributed by atoms with Crippen molar-refractivity contribution < 1.29 is 14.4 Å². The summed E-state index contributed by atoms with van der Waals surface area (Å²) in [7, 11) is 1.70. The lowest BCUT2D eigenvalue weighted by Gasteiger charge is -2.51. The number of ether oxygens (including phenoxy) is 2. The molecule has 1 saturated heterocycles. The Hall–Kier alpha value is -2.50. The second-order valence-corrected chi connectivity index (χ2v) is 8.63. The van der Waals surface area contributed by atoms with Crippen LogP contribution in [0.5, 0.6) is 11.5 Å². The van der Waals surface area contributed by atoms with E-state index >= 15 is 0 Å². The smallest absolute Gasteiger partial charge is 0.191 e. The van der Waals surface area contributed by atoms with E-state index in [-0.39, 0.29) is 11.8 Å². The third-order valence-corrected chi connectivity index (χ3v) is 6.71. The number of benzene rings is 2. The number of hydrazine groups is 1. The van der Waals surface area contributed by atoms with E-state index in [1.165, 1.54) is 5.56 Å². The molecule has 2 N–H and O–H groups in total. The van der Waals surface area contributed by atoms with Gasteiger partial charge in [-0.15, -0.1) is 0 Å². The molecule has 5 nitrogen and oxygen atoms in total. The number of hydrogen-bond donors (Lipinski definition) is 2. The highest BCUT2D eigenvalue weighted by Gasteiger charge is 2.52. The fourth-order valence-corrected chi connectivity index (χ4v) is 4.94. The lowest BCUT2D eigenvalue weighted by atomic mass is 9.92. The van der Waals surface area contributed by atoms with E-state index in [1.807, 2.05) is 12.1 Å². The summed E-state index contributed by atoms with van der Waals surface area (Å²) < 4.78 is 12.0. The van der Waals surface area contributed by atoms with Gasteiger partial charge in [0, 0.05) is 5.56 Å². The summed E-state index contributed by atoms with van der Waals surface area (Å²) in [5, 5.41) is 2.37. The summed E-state index contributed by atoms with van der Waals surface area (Å²) in [6.45, 7) is 6.88. The fourth-order valence-electron chi connectivity index (χ4n) is 4.94. The molecule has 0 amide bonds. The number of rotatable bonds is 3. The van der Waals surface area contributed by atoms with Crippen molar-refractivity contribution in [2.45, 2.75) is 44.5 Å². The number of nitrogens with one attached hydrogen (secondary N) is 2. The quantitative estimate of drug-likeness (QED) is 0.843. The lowest BCUT2D eigenvalue weighted by molar-refractivity contribution is -0.929. The van der Waals surface area contributed by atoms with Gasteiger partial charge in [0.1, 0.15) is 11.5 Å². The predicted molar refractivity (Wildman–Crippen MR) is 114 cm³/mol. The van der Waals surface area contributed by atoms with E-state index in [4.69, 9.17) is 9.47 Å². The van der Waals surface area contributed by atoms with Crippen LogP contribution in [0.2, 0.25) is 0 Å². The third-order valence-electron chi connectivity index (χ3n) is 6.71. The molecule has 0 saturated carbocycles. The van der Waals surface area contributed by atoms with Crippen LogP contribution in [-0.2, 0) is 0 Å². The minimum atomic E-state index is -0.303. The van der Waals surface area contributed by atoms with Crippen LogP contribution in [0.3, 0.4) is 0 Å². The predicted octanol–water partition coefficient (Wildman–Crippen LogP) is 2.77. The van der Waals surface area contributed by atoms with Crippen LogP contribution in [0.25, 0.3) is 5.70 Å². The number of para-hydroxylation sites is 1. The molecule has 3 aliphatic rings. The van der Waals surface area contributed by atoms with Gasteiger partial charge in [-0.2, -0.15) is 5.01 Å². The Bertz CT molecular complexity index is 914. The Morgan fingerprint density at radius 1 is 1.10 bits per heavy atom. The monoisotopic (exact) mass is 392 g/mol. The summed E-state index contributed by atoms with van der Waals surface area (Å²) in [6.07, 6.45) is 4.37. The van der Waals surface area contributed by atoms with E-state index in [9.17, 15) is 0 Å². The normalized spacial score (nSPS) is 28.3. The highest BCUT2D eigenvalue weighted by molar-refractivity contribution is 5.68. The van der Waals surface area contributed by atoms with E-state index in [1.54, 1.807) is 12.0 Å². The Morgan fingerprint density at radius 2 is 1.83 bits per heavy atom. The molecular weight excluding hydrogens is 362 g/mol. The van der Waals surface area contributed by atoms with Crippen molar-refractivity contribution in [2.24, 2.45) is 0 Å². The van der Waals surface area contributed by atoms with Gasteiger partial charge >= 0.3 is 0 Å².